The minimum atomic E-state index is -0.382. The molecule has 0 saturated heterocycles. The van der Waals surface area contributed by atoms with Gasteiger partial charge >= 0.3 is 5.97 Å². The Morgan fingerprint density at radius 2 is 1.96 bits per heavy atom. The maximum atomic E-state index is 12.9. The molecule has 142 valence electrons. The van der Waals surface area contributed by atoms with Gasteiger partial charge in [0.15, 0.2) is 0 Å². The minimum absolute atomic E-state index is 0.0125. The zero-order chi connectivity index (χ0) is 19.0. The second-order valence-corrected chi connectivity index (χ2v) is 9.68. The van der Waals surface area contributed by atoms with Crippen molar-refractivity contribution in [1.29, 1.82) is 0 Å². The Bertz CT molecular complexity index is 872. The van der Waals surface area contributed by atoms with Gasteiger partial charge in [-0.05, 0) is 55.9 Å². The number of rotatable bonds is 4. The number of halogens is 1. The quantitative estimate of drug-likeness (QED) is 0.739. The smallest absolute Gasteiger partial charge is 0.312 e. The summed E-state index contributed by atoms with van der Waals surface area (Å²) in [6.07, 6.45) is 4.04. The average molecular weight is 433 g/mol. The van der Waals surface area contributed by atoms with E-state index in [1.165, 1.54) is 7.11 Å². The molecule has 1 N–H and O–H groups in total. The maximum absolute atomic E-state index is 12.9. The first-order chi connectivity index (χ1) is 12.8. The van der Waals surface area contributed by atoms with Crippen molar-refractivity contribution in [3.8, 4) is 0 Å². The summed E-state index contributed by atoms with van der Waals surface area (Å²) < 4.78 is 5.83. The molecular weight excluding hydrogens is 412 g/mol. The molecule has 1 spiro atoms. The fourth-order valence-electron chi connectivity index (χ4n) is 5.40. The van der Waals surface area contributed by atoms with Crippen LogP contribution in [0.4, 0.5) is 0 Å². The molecule has 4 aliphatic carbocycles. The van der Waals surface area contributed by atoms with E-state index < -0.39 is 0 Å². The Hall–Kier alpha value is -1.89. The van der Waals surface area contributed by atoms with Crippen molar-refractivity contribution < 1.29 is 19.1 Å². The first kappa shape index (κ1) is 17.2. The number of ether oxygens (including phenoxy) is 1. The fourth-order valence-corrected chi connectivity index (χ4v) is 5.76. The molecule has 27 heavy (non-hydrogen) atoms. The van der Waals surface area contributed by atoms with Gasteiger partial charge in [0.2, 0.25) is 5.91 Å². The van der Waals surface area contributed by atoms with Gasteiger partial charge in [-0.25, -0.2) is 0 Å². The lowest BCUT2D eigenvalue weighted by molar-refractivity contribution is -0.203. The number of carbonyl (C=O) groups excluding carboxylic acids is 3. The number of esters is 1. The van der Waals surface area contributed by atoms with Crippen molar-refractivity contribution in [3.63, 3.8) is 0 Å². The number of amides is 2. The predicted octanol–water partition coefficient (Wildman–Crippen LogP) is 2.15. The molecule has 1 aromatic rings. The van der Waals surface area contributed by atoms with Gasteiger partial charge in [0.25, 0.3) is 5.91 Å². The Morgan fingerprint density at radius 3 is 2.59 bits per heavy atom. The van der Waals surface area contributed by atoms with E-state index in [1.807, 2.05) is 18.2 Å². The summed E-state index contributed by atoms with van der Waals surface area (Å²) in [5.41, 5.74) is 1.18. The van der Waals surface area contributed by atoms with Crippen molar-refractivity contribution in [3.05, 3.63) is 33.8 Å². The topological polar surface area (TPSA) is 75.7 Å². The first-order valence-corrected chi connectivity index (χ1v) is 10.1. The number of benzene rings is 1. The molecule has 1 heterocycles. The molecule has 5 aliphatic rings. The molecule has 0 atom stereocenters. The van der Waals surface area contributed by atoms with E-state index in [-0.39, 0.29) is 40.7 Å². The molecule has 2 amide bonds. The number of hydrogen-bond donors (Lipinski definition) is 1. The minimum Gasteiger partial charge on any atom is -0.469 e. The predicted molar refractivity (Wildman–Crippen MR) is 100 cm³/mol. The van der Waals surface area contributed by atoms with Gasteiger partial charge in [-0.1, -0.05) is 15.9 Å². The van der Waals surface area contributed by atoms with Crippen molar-refractivity contribution in [2.45, 2.75) is 43.1 Å². The van der Waals surface area contributed by atoms with Crippen LogP contribution in [0.25, 0.3) is 0 Å². The maximum Gasteiger partial charge on any atom is 0.312 e. The zero-order valence-corrected chi connectivity index (χ0v) is 16.7. The highest BCUT2D eigenvalue weighted by Crippen LogP contribution is 2.67. The standard InChI is InChI=1S/C20H21BrN2O4/c1-27-17(26)19-8-20(9-19,10-19)22-15(24)7-23-11-18(4-5-18)14-6-12(21)2-3-13(14)16(23)25/h2-3,6H,4-5,7-11H2,1H3,(H,22,24). The van der Waals surface area contributed by atoms with E-state index in [4.69, 9.17) is 4.74 Å². The number of hydrogen-bond acceptors (Lipinski definition) is 4. The molecule has 6 rings (SSSR count). The SMILES string of the molecule is COC(=O)C12CC(NC(=O)CN3CC4(CC4)c4cc(Br)ccc4C3=O)(C1)C2. The lowest BCUT2D eigenvalue weighted by Crippen LogP contribution is -2.77. The van der Waals surface area contributed by atoms with Crippen molar-refractivity contribution in [1.82, 2.24) is 10.2 Å². The van der Waals surface area contributed by atoms with Crippen molar-refractivity contribution in [2.24, 2.45) is 5.41 Å². The van der Waals surface area contributed by atoms with Crippen LogP contribution in [0.2, 0.25) is 0 Å². The summed E-state index contributed by atoms with van der Waals surface area (Å²) in [7, 11) is 1.40. The van der Waals surface area contributed by atoms with Crippen LogP contribution >= 0.6 is 15.9 Å². The third kappa shape index (κ3) is 2.40. The Morgan fingerprint density at radius 1 is 1.26 bits per heavy atom. The van der Waals surface area contributed by atoms with Crippen LogP contribution in [0.1, 0.15) is 48.0 Å². The van der Waals surface area contributed by atoms with E-state index in [9.17, 15) is 14.4 Å². The number of carbonyl (C=O) groups is 3. The van der Waals surface area contributed by atoms with Crippen LogP contribution in [0.3, 0.4) is 0 Å². The fraction of sp³-hybridized carbons (Fsp3) is 0.550. The van der Waals surface area contributed by atoms with Crippen LogP contribution in [-0.4, -0.2) is 48.4 Å². The molecule has 2 bridgehead atoms. The van der Waals surface area contributed by atoms with Gasteiger partial charge in [0, 0.05) is 27.5 Å². The van der Waals surface area contributed by atoms with Gasteiger partial charge < -0.3 is 15.0 Å². The van der Waals surface area contributed by atoms with E-state index in [1.54, 1.807) is 4.90 Å². The van der Waals surface area contributed by atoms with E-state index in [0.717, 1.165) is 22.9 Å². The third-order valence-corrected chi connectivity index (χ3v) is 7.30. The molecule has 7 heteroatoms. The number of fused-ring (bicyclic) bond motifs is 2. The van der Waals surface area contributed by atoms with Gasteiger partial charge in [-0.3, -0.25) is 14.4 Å². The lowest BCUT2D eigenvalue weighted by Gasteiger charge is -2.68. The summed E-state index contributed by atoms with van der Waals surface area (Å²) in [5.74, 6) is -0.394. The number of nitrogens with one attached hydrogen (secondary N) is 1. The molecule has 1 aromatic carbocycles. The number of methoxy groups -OCH3 is 1. The molecule has 0 unspecified atom stereocenters. The third-order valence-electron chi connectivity index (χ3n) is 6.81. The van der Waals surface area contributed by atoms with Gasteiger partial charge in [-0.15, -0.1) is 0 Å². The highest BCUT2D eigenvalue weighted by Gasteiger charge is 2.73. The van der Waals surface area contributed by atoms with E-state index >= 15 is 0 Å². The van der Waals surface area contributed by atoms with Gasteiger partial charge in [0.05, 0.1) is 19.1 Å². The van der Waals surface area contributed by atoms with E-state index in [0.29, 0.717) is 31.4 Å². The number of nitrogens with zero attached hydrogens (tertiary/aromatic N) is 1. The van der Waals surface area contributed by atoms with Crippen LogP contribution in [0.5, 0.6) is 0 Å². The summed E-state index contributed by atoms with van der Waals surface area (Å²) in [6.45, 7) is 0.671. The second-order valence-electron chi connectivity index (χ2n) is 8.76. The summed E-state index contributed by atoms with van der Waals surface area (Å²) in [4.78, 5) is 38.9. The first-order valence-electron chi connectivity index (χ1n) is 9.29. The van der Waals surface area contributed by atoms with Crippen LogP contribution in [0, 0.1) is 5.41 Å². The molecule has 6 nitrogen and oxygen atoms in total. The summed E-state index contributed by atoms with van der Waals surface area (Å²) in [5, 5.41) is 3.06. The highest BCUT2D eigenvalue weighted by molar-refractivity contribution is 9.10. The summed E-state index contributed by atoms with van der Waals surface area (Å²) >= 11 is 3.49. The second kappa shape index (κ2) is 5.34. The normalized spacial score (nSPS) is 31.5. The molecule has 4 fully saturated rings. The zero-order valence-electron chi connectivity index (χ0n) is 15.1. The molecule has 1 aliphatic heterocycles. The van der Waals surface area contributed by atoms with E-state index in [2.05, 4.69) is 21.2 Å². The average Bonchev–Trinajstić information content (AvgIpc) is 3.34. The Labute approximate surface area is 165 Å². The molecular formula is C20H21BrN2O4. The largest absolute Gasteiger partial charge is 0.469 e. The Balaban J connectivity index is 1.26. The van der Waals surface area contributed by atoms with Gasteiger partial charge in [-0.2, -0.15) is 0 Å². The van der Waals surface area contributed by atoms with Gasteiger partial charge in [0.1, 0.15) is 0 Å². The molecule has 0 aromatic heterocycles. The summed E-state index contributed by atoms with van der Waals surface area (Å²) in [6, 6.07) is 5.78. The van der Waals surface area contributed by atoms with Crippen LogP contribution in [-0.2, 0) is 19.7 Å². The van der Waals surface area contributed by atoms with Crippen molar-refractivity contribution in [2.75, 3.05) is 20.2 Å². The molecule has 0 radical (unpaired) electrons. The monoisotopic (exact) mass is 432 g/mol. The van der Waals surface area contributed by atoms with Crippen LogP contribution < -0.4 is 5.32 Å². The molecule has 4 saturated carbocycles. The Kier molecular flexibility index (Phi) is 3.41. The van der Waals surface area contributed by atoms with Crippen LogP contribution in [0.15, 0.2) is 22.7 Å². The lowest BCUT2D eigenvalue weighted by atomic mass is 9.39. The highest BCUT2D eigenvalue weighted by atomic mass is 79.9. The van der Waals surface area contributed by atoms with Crippen molar-refractivity contribution >= 4 is 33.7 Å².